The number of fused-ring (bicyclic) bond motifs is 2. The largest absolute Gasteiger partial charge is 0.479 e. The molecule has 0 radical (unpaired) electrons. The van der Waals surface area contributed by atoms with Crippen molar-refractivity contribution in [2.24, 2.45) is 0 Å². The lowest BCUT2D eigenvalue weighted by molar-refractivity contribution is 0.0935. The topological polar surface area (TPSA) is 76.4 Å². The molecule has 2 aliphatic rings. The van der Waals surface area contributed by atoms with Crippen LogP contribution in [-0.4, -0.2) is 36.1 Å². The number of hydrogen-bond donors (Lipinski definition) is 2. The number of nitrogens with one attached hydrogen (secondary N) is 2. The number of thiophene rings is 1. The Labute approximate surface area is 142 Å². The highest BCUT2D eigenvalue weighted by Crippen LogP contribution is 2.34. The molecule has 6 nitrogen and oxygen atoms in total. The van der Waals surface area contributed by atoms with Gasteiger partial charge >= 0.3 is 0 Å². The van der Waals surface area contributed by atoms with E-state index in [-0.39, 0.29) is 11.9 Å². The van der Waals surface area contributed by atoms with Crippen LogP contribution in [0, 0.1) is 0 Å². The minimum absolute atomic E-state index is 0.00573. The summed E-state index contributed by atoms with van der Waals surface area (Å²) in [5.74, 6) is 0.456. The van der Waals surface area contributed by atoms with E-state index in [2.05, 4.69) is 15.6 Å². The molecule has 3 atom stereocenters. The van der Waals surface area contributed by atoms with Gasteiger partial charge in [0.05, 0.1) is 16.2 Å². The fourth-order valence-corrected chi connectivity index (χ4v) is 5.02. The van der Waals surface area contributed by atoms with Crippen molar-refractivity contribution >= 4 is 29.0 Å². The Balaban J connectivity index is 1.38. The van der Waals surface area contributed by atoms with Crippen LogP contribution in [0.1, 0.15) is 28.9 Å². The van der Waals surface area contributed by atoms with E-state index in [1.54, 1.807) is 7.11 Å². The van der Waals surface area contributed by atoms with Gasteiger partial charge in [0.15, 0.2) is 6.26 Å². The van der Waals surface area contributed by atoms with Crippen LogP contribution in [0.5, 0.6) is 5.88 Å². The molecule has 122 valence electrons. The van der Waals surface area contributed by atoms with Gasteiger partial charge in [0.25, 0.3) is 17.0 Å². The third-order valence-corrected chi connectivity index (χ3v) is 6.36. The lowest BCUT2D eigenvalue weighted by Crippen LogP contribution is -2.42. The smallest absolute Gasteiger partial charge is 0.264 e. The van der Waals surface area contributed by atoms with Crippen LogP contribution in [0.2, 0.25) is 0 Å². The van der Waals surface area contributed by atoms with Gasteiger partial charge in [-0.25, -0.2) is 0 Å². The van der Waals surface area contributed by atoms with Crippen molar-refractivity contribution in [1.82, 2.24) is 15.6 Å². The first-order valence-electron chi connectivity index (χ1n) is 7.55. The fourth-order valence-electron chi connectivity index (χ4n) is 3.19. The Morgan fingerprint density at radius 2 is 2.43 bits per heavy atom. The predicted octanol–water partition coefficient (Wildman–Crippen LogP) is 2.52. The van der Waals surface area contributed by atoms with Crippen LogP contribution < -0.4 is 15.4 Å². The maximum atomic E-state index is 12.4. The average Bonchev–Trinajstić information content (AvgIpc) is 3.32. The molecule has 23 heavy (non-hydrogen) atoms. The molecule has 3 unspecified atom stereocenters. The molecule has 2 aliphatic heterocycles. The first-order valence-corrected chi connectivity index (χ1v) is 9.18. The number of amides is 1. The first-order chi connectivity index (χ1) is 11.2. The first kappa shape index (κ1) is 15.0. The Hall–Kier alpha value is -1.51. The van der Waals surface area contributed by atoms with Crippen molar-refractivity contribution in [3.63, 3.8) is 0 Å². The fraction of sp³-hybridized carbons (Fsp3) is 0.467. The lowest BCUT2D eigenvalue weighted by atomic mass is 9.95. The van der Waals surface area contributed by atoms with Gasteiger partial charge < -0.3 is 19.8 Å². The van der Waals surface area contributed by atoms with Crippen LogP contribution >= 0.6 is 23.1 Å². The summed E-state index contributed by atoms with van der Waals surface area (Å²) < 4.78 is 11.2. The Bertz CT molecular complexity index is 714. The predicted molar refractivity (Wildman–Crippen MR) is 87.3 cm³/mol. The number of carbonyl (C=O) groups excluding carboxylic acids is 1. The molecule has 2 bridgehead atoms. The monoisotopic (exact) mass is 351 g/mol. The lowest BCUT2D eigenvalue weighted by Gasteiger charge is -2.20. The summed E-state index contributed by atoms with van der Waals surface area (Å²) in [6.07, 6.45) is 4.90. The van der Waals surface area contributed by atoms with Crippen molar-refractivity contribution in [1.29, 1.82) is 0 Å². The minimum Gasteiger partial charge on any atom is -0.479 e. The summed E-state index contributed by atoms with van der Waals surface area (Å²) in [5.41, 5.74) is 0. The molecule has 2 aromatic heterocycles. The summed E-state index contributed by atoms with van der Waals surface area (Å²) in [5, 5.41) is 7.20. The number of oxazole rings is 1. The second-order valence-electron chi connectivity index (χ2n) is 5.74. The van der Waals surface area contributed by atoms with Gasteiger partial charge in [0.2, 0.25) is 0 Å². The zero-order valence-electron chi connectivity index (χ0n) is 12.6. The van der Waals surface area contributed by atoms with Gasteiger partial charge in [0, 0.05) is 18.1 Å². The molecule has 0 spiro atoms. The highest BCUT2D eigenvalue weighted by molar-refractivity contribution is 8.01. The maximum Gasteiger partial charge on any atom is 0.264 e. The third kappa shape index (κ3) is 3.11. The van der Waals surface area contributed by atoms with Crippen LogP contribution in [0.25, 0.3) is 0 Å². The van der Waals surface area contributed by atoms with E-state index >= 15 is 0 Å². The minimum atomic E-state index is 0.00573. The molecule has 4 rings (SSSR count). The van der Waals surface area contributed by atoms with Crippen molar-refractivity contribution < 1.29 is 13.9 Å². The summed E-state index contributed by atoms with van der Waals surface area (Å²) >= 11 is 2.83. The molecule has 0 saturated carbocycles. The highest BCUT2D eigenvalue weighted by Gasteiger charge is 2.39. The highest BCUT2D eigenvalue weighted by atomic mass is 32.2. The van der Waals surface area contributed by atoms with E-state index in [1.165, 1.54) is 35.8 Å². The molecule has 1 amide bonds. The second kappa shape index (κ2) is 6.18. The second-order valence-corrected chi connectivity index (χ2v) is 8.07. The zero-order valence-corrected chi connectivity index (χ0v) is 14.2. The Morgan fingerprint density at radius 1 is 1.52 bits per heavy atom. The van der Waals surface area contributed by atoms with Crippen molar-refractivity contribution in [2.75, 3.05) is 7.11 Å². The molecular formula is C15H17N3O3S2. The van der Waals surface area contributed by atoms with Crippen LogP contribution in [0.4, 0.5) is 0 Å². The zero-order chi connectivity index (χ0) is 15.8. The van der Waals surface area contributed by atoms with Gasteiger partial charge in [-0.3, -0.25) is 4.79 Å². The molecular weight excluding hydrogens is 334 g/mol. The average molecular weight is 351 g/mol. The van der Waals surface area contributed by atoms with Crippen molar-refractivity contribution in [3.8, 4) is 5.88 Å². The number of carbonyl (C=O) groups is 1. The van der Waals surface area contributed by atoms with Gasteiger partial charge in [0.1, 0.15) is 0 Å². The van der Waals surface area contributed by atoms with Crippen LogP contribution in [0.3, 0.4) is 0 Å². The Morgan fingerprint density at radius 3 is 3.13 bits per heavy atom. The van der Waals surface area contributed by atoms with E-state index in [0.29, 0.717) is 28.1 Å². The third-order valence-electron chi connectivity index (χ3n) is 4.28. The van der Waals surface area contributed by atoms with Crippen LogP contribution in [-0.2, 0) is 0 Å². The number of rotatable bonds is 5. The van der Waals surface area contributed by atoms with Crippen molar-refractivity contribution in [3.05, 3.63) is 23.3 Å². The molecule has 2 aromatic rings. The van der Waals surface area contributed by atoms with Gasteiger partial charge in [-0.2, -0.15) is 4.98 Å². The van der Waals surface area contributed by atoms with Crippen LogP contribution in [0.15, 0.2) is 32.2 Å². The van der Waals surface area contributed by atoms with Gasteiger partial charge in [-0.05, 0) is 43.2 Å². The molecule has 4 heterocycles. The summed E-state index contributed by atoms with van der Waals surface area (Å²) in [4.78, 5) is 17.3. The number of aromatic nitrogens is 1. The number of ether oxygens (including phenoxy) is 1. The molecule has 2 saturated heterocycles. The van der Waals surface area contributed by atoms with E-state index in [9.17, 15) is 4.79 Å². The van der Waals surface area contributed by atoms with E-state index in [4.69, 9.17) is 9.15 Å². The molecule has 8 heteroatoms. The van der Waals surface area contributed by atoms with Gasteiger partial charge in [-0.15, -0.1) is 11.3 Å². The number of nitrogens with zero attached hydrogens (tertiary/aromatic N) is 1. The SMILES string of the molecule is COc1coc(Sc2ccc(C(=O)NC3CC4CCC3N4)s2)n1. The molecule has 0 aromatic carbocycles. The number of methoxy groups -OCH3 is 1. The van der Waals surface area contributed by atoms with E-state index in [1.807, 2.05) is 12.1 Å². The molecule has 2 fully saturated rings. The Kier molecular flexibility index (Phi) is 4.04. The van der Waals surface area contributed by atoms with E-state index in [0.717, 1.165) is 17.1 Å². The van der Waals surface area contributed by atoms with Gasteiger partial charge in [-0.1, -0.05) is 0 Å². The number of hydrogen-bond acceptors (Lipinski definition) is 7. The molecule has 2 N–H and O–H groups in total. The quantitative estimate of drug-likeness (QED) is 0.862. The summed E-state index contributed by atoms with van der Waals surface area (Å²) in [7, 11) is 1.55. The summed E-state index contributed by atoms with van der Waals surface area (Å²) in [6.45, 7) is 0. The van der Waals surface area contributed by atoms with Crippen molar-refractivity contribution in [2.45, 2.75) is 46.8 Å². The normalized spacial score (nSPS) is 25.7. The van der Waals surface area contributed by atoms with E-state index < -0.39 is 0 Å². The summed E-state index contributed by atoms with van der Waals surface area (Å²) in [6, 6.07) is 5.05. The standard InChI is InChI=1S/C15H17N3O3S2/c1-20-12-7-21-15(18-12)23-13-5-4-11(22-13)14(19)17-10-6-8-2-3-9(10)16-8/h4-5,7-10,16H,2-3,6H2,1H3,(H,17,19). The molecule has 0 aliphatic carbocycles. The maximum absolute atomic E-state index is 12.4.